The number of anilines is 2. The van der Waals surface area contributed by atoms with Crippen LogP contribution in [0.1, 0.15) is 15.9 Å². The summed E-state index contributed by atoms with van der Waals surface area (Å²) in [4.78, 5) is 26.2. The smallest absolute Gasteiger partial charge is 0.341 e. The number of hydrogen-bond acceptors (Lipinski definition) is 6. The summed E-state index contributed by atoms with van der Waals surface area (Å²) >= 11 is 3.35. The summed E-state index contributed by atoms with van der Waals surface area (Å²) in [5.41, 5.74) is 10.3. The SMILES string of the molecule is Nc1cc(-n2cc(C(=O)O)c(=O)c3cc(F)c(N4CC(N)C4)c(Br)c32)c(CO)cc1F. The van der Waals surface area contributed by atoms with Crippen LogP contribution in [0.5, 0.6) is 0 Å². The van der Waals surface area contributed by atoms with Gasteiger partial charge in [-0.15, -0.1) is 0 Å². The maximum absolute atomic E-state index is 15.0. The van der Waals surface area contributed by atoms with E-state index in [-0.39, 0.29) is 44.0 Å². The van der Waals surface area contributed by atoms with Crippen LogP contribution in [-0.2, 0) is 6.61 Å². The third-order valence-corrected chi connectivity index (χ3v) is 5.99. The molecule has 1 fully saturated rings. The van der Waals surface area contributed by atoms with E-state index in [4.69, 9.17) is 11.5 Å². The Hall–Kier alpha value is -3.02. The van der Waals surface area contributed by atoms with Crippen LogP contribution in [0.4, 0.5) is 20.2 Å². The number of aromatic nitrogens is 1. The van der Waals surface area contributed by atoms with Crippen molar-refractivity contribution in [2.45, 2.75) is 12.6 Å². The highest BCUT2D eigenvalue weighted by molar-refractivity contribution is 9.10. The predicted octanol–water partition coefficient (Wildman–Crippen LogP) is 1.95. The van der Waals surface area contributed by atoms with Crippen molar-refractivity contribution >= 4 is 44.2 Å². The summed E-state index contributed by atoms with van der Waals surface area (Å²) in [5.74, 6) is -3.01. The lowest BCUT2D eigenvalue weighted by molar-refractivity contribution is 0.0695. The number of carboxylic acids is 1. The first-order valence-electron chi connectivity index (χ1n) is 9.14. The number of carboxylic acid groups (broad SMARTS) is 1. The second-order valence-corrected chi connectivity index (χ2v) is 8.08. The molecule has 0 unspecified atom stereocenters. The number of halogens is 3. The van der Waals surface area contributed by atoms with Crippen LogP contribution in [0.3, 0.4) is 0 Å². The largest absolute Gasteiger partial charge is 0.477 e. The van der Waals surface area contributed by atoms with E-state index in [1.807, 2.05) is 0 Å². The Kier molecular flexibility index (Phi) is 5.20. The van der Waals surface area contributed by atoms with E-state index in [0.29, 0.717) is 13.1 Å². The quantitative estimate of drug-likeness (QED) is 0.407. The minimum Gasteiger partial charge on any atom is -0.477 e. The van der Waals surface area contributed by atoms with Crippen LogP contribution in [0.15, 0.2) is 33.7 Å². The number of fused-ring (bicyclic) bond motifs is 1. The number of nitrogens with two attached hydrogens (primary N) is 2. The Morgan fingerprint density at radius 1 is 1.23 bits per heavy atom. The number of aliphatic hydroxyl groups excluding tert-OH is 1. The number of aromatic carboxylic acids is 1. The van der Waals surface area contributed by atoms with Crippen molar-refractivity contribution in [3.8, 4) is 5.69 Å². The average molecular weight is 495 g/mol. The van der Waals surface area contributed by atoms with E-state index in [9.17, 15) is 28.6 Å². The molecule has 1 aromatic heterocycles. The number of aliphatic hydroxyl groups is 1. The summed E-state index contributed by atoms with van der Waals surface area (Å²) in [6, 6.07) is 3.07. The van der Waals surface area contributed by atoms with E-state index in [2.05, 4.69) is 15.9 Å². The van der Waals surface area contributed by atoms with Crippen LogP contribution >= 0.6 is 15.9 Å². The molecule has 0 atom stereocenters. The average Bonchev–Trinajstić information content (AvgIpc) is 2.68. The van der Waals surface area contributed by atoms with Crippen molar-refractivity contribution < 1.29 is 23.8 Å². The highest BCUT2D eigenvalue weighted by Crippen LogP contribution is 2.39. The van der Waals surface area contributed by atoms with Crippen molar-refractivity contribution in [1.82, 2.24) is 4.57 Å². The molecule has 0 bridgehead atoms. The van der Waals surface area contributed by atoms with Crippen LogP contribution in [0, 0.1) is 11.6 Å². The number of hydrogen-bond donors (Lipinski definition) is 4. The van der Waals surface area contributed by atoms with Gasteiger partial charge in [-0.3, -0.25) is 4.79 Å². The zero-order valence-corrected chi connectivity index (χ0v) is 17.5. The Labute approximate surface area is 182 Å². The number of pyridine rings is 1. The Morgan fingerprint density at radius 3 is 2.48 bits per heavy atom. The summed E-state index contributed by atoms with van der Waals surface area (Å²) in [6.07, 6.45) is 1.05. The summed E-state index contributed by atoms with van der Waals surface area (Å²) in [6.45, 7) is 0.197. The first-order chi connectivity index (χ1) is 14.6. The van der Waals surface area contributed by atoms with Gasteiger partial charge in [0.15, 0.2) is 0 Å². The van der Waals surface area contributed by atoms with Gasteiger partial charge < -0.3 is 31.1 Å². The van der Waals surface area contributed by atoms with E-state index >= 15 is 0 Å². The molecule has 0 aliphatic carbocycles. The molecule has 0 spiro atoms. The number of nitrogens with zero attached hydrogens (tertiary/aromatic N) is 2. The molecule has 8 nitrogen and oxygen atoms in total. The second kappa shape index (κ2) is 7.59. The molecule has 4 rings (SSSR count). The predicted molar refractivity (Wildman–Crippen MR) is 115 cm³/mol. The number of rotatable bonds is 4. The van der Waals surface area contributed by atoms with Crippen molar-refractivity contribution in [3.05, 3.63) is 61.9 Å². The fourth-order valence-electron chi connectivity index (χ4n) is 3.70. The van der Waals surface area contributed by atoms with Gasteiger partial charge in [-0.1, -0.05) is 0 Å². The normalized spacial score (nSPS) is 14.2. The Morgan fingerprint density at radius 2 is 1.90 bits per heavy atom. The molecule has 0 amide bonds. The van der Waals surface area contributed by atoms with E-state index < -0.39 is 35.2 Å². The maximum Gasteiger partial charge on any atom is 0.341 e. The molecule has 0 radical (unpaired) electrons. The fraction of sp³-hybridized carbons (Fsp3) is 0.200. The second-order valence-electron chi connectivity index (χ2n) is 7.29. The highest BCUT2D eigenvalue weighted by atomic mass is 79.9. The molecule has 1 aliphatic heterocycles. The lowest BCUT2D eigenvalue weighted by Crippen LogP contribution is -2.56. The number of nitrogen functional groups attached to an aromatic ring is 1. The molecule has 0 saturated carbocycles. The van der Waals surface area contributed by atoms with Gasteiger partial charge in [0.2, 0.25) is 5.43 Å². The molecular formula is C20H17BrF2N4O4. The van der Waals surface area contributed by atoms with E-state index in [0.717, 1.165) is 18.3 Å². The number of carbonyl (C=O) groups is 1. The van der Waals surface area contributed by atoms with Crippen molar-refractivity contribution in [2.24, 2.45) is 5.73 Å². The van der Waals surface area contributed by atoms with Gasteiger partial charge in [0, 0.05) is 30.9 Å². The molecule has 6 N–H and O–H groups in total. The maximum atomic E-state index is 15.0. The number of benzene rings is 2. The minimum atomic E-state index is -1.52. The molecule has 31 heavy (non-hydrogen) atoms. The standard InChI is InChI=1S/C20H17BrF2N4O4/c21-16-17-10(2-13(23)18(16)26-4-9(24)5-26)19(29)11(20(30)31)6-27(17)15-3-14(25)12(22)1-8(15)7-28/h1-3,6,9,28H,4-5,7,24-25H2,(H,30,31). The van der Waals surface area contributed by atoms with Crippen molar-refractivity contribution in [1.29, 1.82) is 0 Å². The van der Waals surface area contributed by atoms with Gasteiger partial charge in [-0.05, 0) is 34.1 Å². The molecule has 3 aromatic rings. The van der Waals surface area contributed by atoms with Gasteiger partial charge in [0.25, 0.3) is 0 Å². The zero-order valence-electron chi connectivity index (χ0n) is 15.9. The van der Waals surface area contributed by atoms with Crippen LogP contribution in [-0.4, -0.2) is 39.9 Å². The molecular weight excluding hydrogens is 478 g/mol. The molecule has 2 heterocycles. The lowest BCUT2D eigenvalue weighted by Gasteiger charge is -2.39. The summed E-state index contributed by atoms with van der Waals surface area (Å²) in [7, 11) is 0. The first-order valence-corrected chi connectivity index (χ1v) is 9.93. The Bertz CT molecular complexity index is 1310. The minimum absolute atomic E-state index is 0.0942. The van der Waals surface area contributed by atoms with Crippen LogP contribution in [0.25, 0.3) is 16.6 Å². The zero-order chi connectivity index (χ0) is 22.6. The third-order valence-electron chi connectivity index (χ3n) is 5.24. The lowest BCUT2D eigenvalue weighted by atomic mass is 10.0. The topological polar surface area (TPSA) is 135 Å². The van der Waals surface area contributed by atoms with Crippen LogP contribution in [0.2, 0.25) is 0 Å². The van der Waals surface area contributed by atoms with Gasteiger partial charge >= 0.3 is 5.97 Å². The molecule has 11 heteroatoms. The van der Waals surface area contributed by atoms with Gasteiger partial charge in [0.05, 0.1) is 39.0 Å². The summed E-state index contributed by atoms with van der Waals surface area (Å²) in [5, 5.41) is 19.0. The van der Waals surface area contributed by atoms with Crippen molar-refractivity contribution in [3.63, 3.8) is 0 Å². The monoisotopic (exact) mass is 494 g/mol. The third kappa shape index (κ3) is 3.34. The molecule has 162 valence electrons. The first kappa shape index (κ1) is 21.2. The van der Waals surface area contributed by atoms with E-state index in [1.165, 1.54) is 10.6 Å². The molecule has 1 aliphatic rings. The van der Waals surface area contributed by atoms with Crippen molar-refractivity contribution in [2.75, 3.05) is 23.7 Å². The highest BCUT2D eigenvalue weighted by Gasteiger charge is 2.30. The van der Waals surface area contributed by atoms with Gasteiger partial charge in [-0.2, -0.15) is 0 Å². The summed E-state index contributed by atoms with van der Waals surface area (Å²) < 4.78 is 30.4. The molecule has 2 aromatic carbocycles. The Balaban J connectivity index is 2.15. The van der Waals surface area contributed by atoms with Gasteiger partial charge in [-0.25, -0.2) is 13.6 Å². The van der Waals surface area contributed by atoms with Gasteiger partial charge in [0.1, 0.15) is 17.2 Å². The fourth-order valence-corrected chi connectivity index (χ4v) is 4.55. The van der Waals surface area contributed by atoms with Crippen LogP contribution < -0.4 is 21.8 Å². The molecule has 1 saturated heterocycles. The van der Waals surface area contributed by atoms with E-state index in [1.54, 1.807) is 4.90 Å².